The van der Waals surface area contributed by atoms with Crippen LogP contribution in [-0.4, -0.2) is 9.78 Å². The number of nitrogens with zero attached hydrogens (tertiary/aromatic N) is 2. The van der Waals surface area contributed by atoms with E-state index in [2.05, 4.69) is 79.7 Å². The Bertz CT molecular complexity index is 919. The van der Waals surface area contributed by atoms with E-state index in [9.17, 15) is 0 Å². The van der Waals surface area contributed by atoms with Crippen LogP contribution in [0.25, 0.3) is 27.8 Å². The smallest absolute Gasteiger partial charge is 0.101 e. The normalized spacial score (nSPS) is 11.0. The lowest BCUT2D eigenvalue weighted by molar-refractivity contribution is 0.914. The van der Waals surface area contributed by atoms with Gasteiger partial charge in [0, 0.05) is 10.9 Å². The Balaban J connectivity index is 1.99. The molecule has 0 saturated heterocycles. The Labute approximate surface area is 129 Å². The van der Waals surface area contributed by atoms with Crippen molar-refractivity contribution in [3.63, 3.8) is 0 Å². The Hall–Kier alpha value is -2.87. The number of hydrogen-bond acceptors (Lipinski definition) is 1. The summed E-state index contributed by atoms with van der Waals surface area (Å²) in [5, 5.41) is 6.05. The van der Waals surface area contributed by atoms with Gasteiger partial charge in [-0.1, -0.05) is 66.2 Å². The maximum Gasteiger partial charge on any atom is 0.101 e. The lowest BCUT2D eigenvalue weighted by Gasteiger charge is -2.03. The fraction of sp³-hybridized carbons (Fsp3) is 0.0500. The van der Waals surface area contributed by atoms with Crippen LogP contribution in [0.15, 0.2) is 78.9 Å². The van der Waals surface area contributed by atoms with E-state index in [1.54, 1.807) is 0 Å². The van der Waals surface area contributed by atoms with E-state index >= 15 is 0 Å². The Kier molecular flexibility index (Phi) is 3.01. The highest BCUT2D eigenvalue weighted by molar-refractivity contribution is 5.94. The van der Waals surface area contributed by atoms with E-state index < -0.39 is 0 Å². The molecule has 0 N–H and O–H groups in total. The van der Waals surface area contributed by atoms with Gasteiger partial charge in [-0.05, 0) is 25.1 Å². The molecule has 2 heteroatoms. The monoisotopic (exact) mass is 284 g/mol. The van der Waals surface area contributed by atoms with Crippen molar-refractivity contribution in [2.24, 2.45) is 0 Å². The van der Waals surface area contributed by atoms with Crippen molar-refractivity contribution in [1.82, 2.24) is 9.78 Å². The molecule has 0 spiro atoms. The van der Waals surface area contributed by atoms with Gasteiger partial charge in [0.15, 0.2) is 0 Å². The molecule has 0 amide bonds. The summed E-state index contributed by atoms with van der Waals surface area (Å²) in [7, 11) is 0. The second kappa shape index (κ2) is 5.15. The number of aryl methyl sites for hydroxylation is 1. The van der Waals surface area contributed by atoms with Gasteiger partial charge in [0.2, 0.25) is 0 Å². The molecule has 0 atom stereocenters. The molecule has 1 heterocycles. The lowest BCUT2D eigenvalue weighted by atomic mass is 10.1. The number of hydrogen-bond donors (Lipinski definition) is 0. The van der Waals surface area contributed by atoms with E-state index in [1.165, 1.54) is 10.9 Å². The Morgan fingerprint density at radius 2 is 1.41 bits per heavy atom. The third-order valence-electron chi connectivity index (χ3n) is 3.91. The maximum atomic E-state index is 4.88. The minimum atomic E-state index is 1.02. The van der Waals surface area contributed by atoms with E-state index in [-0.39, 0.29) is 0 Å². The quantitative estimate of drug-likeness (QED) is 0.506. The molecule has 22 heavy (non-hydrogen) atoms. The predicted octanol–water partition coefficient (Wildman–Crippen LogP) is 5.00. The van der Waals surface area contributed by atoms with E-state index in [4.69, 9.17) is 5.10 Å². The molecule has 0 bridgehead atoms. The summed E-state index contributed by atoms with van der Waals surface area (Å²) in [4.78, 5) is 0. The molecule has 0 aliphatic carbocycles. The zero-order valence-corrected chi connectivity index (χ0v) is 12.4. The SMILES string of the molecule is Cc1ccc(-n2nc(-c3ccccc3)c3ccccc32)cc1. The van der Waals surface area contributed by atoms with Gasteiger partial charge in [0.05, 0.1) is 11.2 Å². The first-order chi connectivity index (χ1) is 10.8. The van der Waals surface area contributed by atoms with Crippen LogP contribution in [-0.2, 0) is 0 Å². The van der Waals surface area contributed by atoms with Crippen molar-refractivity contribution in [2.75, 3.05) is 0 Å². The molecule has 2 nitrogen and oxygen atoms in total. The van der Waals surface area contributed by atoms with Gasteiger partial charge in [0.25, 0.3) is 0 Å². The van der Waals surface area contributed by atoms with Crippen LogP contribution in [0, 0.1) is 6.92 Å². The van der Waals surface area contributed by atoms with Crippen LogP contribution in [0.5, 0.6) is 0 Å². The maximum absolute atomic E-state index is 4.88. The van der Waals surface area contributed by atoms with Crippen molar-refractivity contribution >= 4 is 10.9 Å². The fourth-order valence-electron chi connectivity index (χ4n) is 2.76. The van der Waals surface area contributed by atoms with Crippen LogP contribution in [0.1, 0.15) is 5.56 Å². The zero-order valence-electron chi connectivity index (χ0n) is 12.4. The molecule has 0 unspecified atom stereocenters. The highest BCUT2D eigenvalue weighted by Crippen LogP contribution is 2.29. The molecular weight excluding hydrogens is 268 g/mol. The first-order valence-electron chi connectivity index (χ1n) is 7.43. The van der Waals surface area contributed by atoms with Crippen LogP contribution in [0.3, 0.4) is 0 Å². The lowest BCUT2D eigenvalue weighted by Crippen LogP contribution is -1.96. The van der Waals surface area contributed by atoms with Gasteiger partial charge in [-0.15, -0.1) is 0 Å². The van der Waals surface area contributed by atoms with Gasteiger partial charge < -0.3 is 0 Å². The van der Waals surface area contributed by atoms with Crippen molar-refractivity contribution in [3.05, 3.63) is 84.4 Å². The summed E-state index contributed by atoms with van der Waals surface area (Å²) < 4.78 is 2.02. The molecule has 0 radical (unpaired) electrons. The van der Waals surface area contributed by atoms with Crippen LogP contribution >= 0.6 is 0 Å². The largest absolute Gasteiger partial charge is 0.232 e. The van der Waals surface area contributed by atoms with Crippen molar-refractivity contribution < 1.29 is 0 Å². The number of para-hydroxylation sites is 1. The van der Waals surface area contributed by atoms with Crippen molar-refractivity contribution in [3.8, 4) is 16.9 Å². The summed E-state index contributed by atoms with van der Waals surface area (Å²) in [6.07, 6.45) is 0. The average molecular weight is 284 g/mol. The predicted molar refractivity (Wildman–Crippen MR) is 91.2 cm³/mol. The Morgan fingerprint density at radius 1 is 0.727 bits per heavy atom. The molecule has 0 saturated carbocycles. The van der Waals surface area contributed by atoms with Gasteiger partial charge in [0.1, 0.15) is 5.69 Å². The minimum Gasteiger partial charge on any atom is -0.232 e. The van der Waals surface area contributed by atoms with Crippen molar-refractivity contribution in [2.45, 2.75) is 6.92 Å². The second-order valence-corrected chi connectivity index (χ2v) is 5.48. The van der Waals surface area contributed by atoms with Gasteiger partial charge in [-0.25, -0.2) is 4.68 Å². The van der Waals surface area contributed by atoms with Crippen LogP contribution in [0.2, 0.25) is 0 Å². The molecule has 4 rings (SSSR count). The van der Waals surface area contributed by atoms with Crippen LogP contribution < -0.4 is 0 Å². The third-order valence-corrected chi connectivity index (χ3v) is 3.91. The molecule has 1 aromatic heterocycles. The summed E-state index contributed by atoms with van der Waals surface area (Å²) >= 11 is 0. The summed E-state index contributed by atoms with van der Waals surface area (Å²) in [5.74, 6) is 0. The highest BCUT2D eigenvalue weighted by atomic mass is 15.3. The van der Waals surface area contributed by atoms with Gasteiger partial charge >= 0.3 is 0 Å². The Morgan fingerprint density at radius 3 is 2.18 bits per heavy atom. The number of rotatable bonds is 2. The zero-order chi connectivity index (χ0) is 14.9. The summed E-state index contributed by atoms with van der Waals surface area (Å²) in [5.41, 5.74) is 5.64. The average Bonchev–Trinajstić information content (AvgIpc) is 2.96. The number of fused-ring (bicyclic) bond motifs is 1. The molecular formula is C20H16N2. The fourth-order valence-corrected chi connectivity index (χ4v) is 2.76. The molecule has 0 aliphatic rings. The molecule has 4 aromatic rings. The highest BCUT2D eigenvalue weighted by Gasteiger charge is 2.12. The van der Waals surface area contributed by atoms with E-state index in [0.29, 0.717) is 0 Å². The second-order valence-electron chi connectivity index (χ2n) is 5.48. The van der Waals surface area contributed by atoms with Crippen LogP contribution in [0.4, 0.5) is 0 Å². The standard InChI is InChI=1S/C20H16N2/c1-15-11-13-17(14-12-15)22-19-10-6-5-9-18(19)20(21-22)16-7-3-2-4-8-16/h2-14H,1H3. The van der Waals surface area contributed by atoms with E-state index in [1.807, 2.05) is 10.7 Å². The van der Waals surface area contributed by atoms with Gasteiger partial charge in [-0.3, -0.25) is 0 Å². The number of benzene rings is 3. The van der Waals surface area contributed by atoms with Crippen molar-refractivity contribution in [1.29, 1.82) is 0 Å². The topological polar surface area (TPSA) is 17.8 Å². The third kappa shape index (κ3) is 2.09. The van der Waals surface area contributed by atoms with Gasteiger partial charge in [-0.2, -0.15) is 5.10 Å². The molecule has 0 aliphatic heterocycles. The first-order valence-corrected chi connectivity index (χ1v) is 7.43. The first kappa shape index (κ1) is 12.8. The molecule has 0 fully saturated rings. The molecule has 3 aromatic carbocycles. The summed E-state index contributed by atoms with van der Waals surface area (Å²) in [6, 6.07) is 27.2. The number of aromatic nitrogens is 2. The summed E-state index contributed by atoms with van der Waals surface area (Å²) in [6.45, 7) is 2.10. The molecule has 106 valence electrons. The van der Waals surface area contributed by atoms with E-state index in [0.717, 1.165) is 22.5 Å². The minimum absolute atomic E-state index is 1.02.